The predicted molar refractivity (Wildman–Crippen MR) is 84.0 cm³/mol. The molecule has 1 heterocycles. The van der Waals surface area contributed by atoms with Gasteiger partial charge in [0.1, 0.15) is 0 Å². The van der Waals surface area contributed by atoms with E-state index >= 15 is 0 Å². The van der Waals surface area contributed by atoms with Gasteiger partial charge in [-0.05, 0) is 18.9 Å². The van der Waals surface area contributed by atoms with Gasteiger partial charge in [0.15, 0.2) is 5.71 Å². The van der Waals surface area contributed by atoms with Crippen LogP contribution in [0.3, 0.4) is 0 Å². The number of nitrogens with zero attached hydrogens (tertiary/aromatic N) is 2. The molecule has 1 aromatic carbocycles. The van der Waals surface area contributed by atoms with E-state index < -0.39 is 0 Å². The van der Waals surface area contributed by atoms with Crippen LogP contribution in [0, 0.1) is 5.92 Å². The summed E-state index contributed by atoms with van der Waals surface area (Å²) in [6.45, 7) is 7.28. The Labute approximate surface area is 126 Å². The van der Waals surface area contributed by atoms with Crippen LogP contribution in [-0.4, -0.2) is 29.8 Å². The largest absolute Gasteiger partial charge is 0.461 e. The highest BCUT2D eigenvalue weighted by Gasteiger charge is 2.38. The Morgan fingerprint density at radius 3 is 2.62 bits per heavy atom. The second-order valence-corrected chi connectivity index (χ2v) is 5.37. The molecular formula is C17H24N2O2. The zero-order valence-corrected chi connectivity index (χ0v) is 13.1. The van der Waals surface area contributed by atoms with Crippen molar-refractivity contribution in [3.05, 3.63) is 35.9 Å². The molecular weight excluding hydrogens is 264 g/mol. The van der Waals surface area contributed by atoms with E-state index in [0.29, 0.717) is 12.3 Å². The van der Waals surface area contributed by atoms with Gasteiger partial charge in [-0.25, -0.2) is 4.79 Å². The van der Waals surface area contributed by atoms with Crippen molar-refractivity contribution >= 4 is 11.7 Å². The second kappa shape index (κ2) is 7.25. The number of unbranched alkanes of at least 4 members (excludes halogenated alkanes) is 1. The molecule has 2 rings (SSSR count). The van der Waals surface area contributed by atoms with Crippen molar-refractivity contribution in [2.45, 2.75) is 39.7 Å². The highest BCUT2D eigenvalue weighted by Crippen LogP contribution is 2.35. The lowest BCUT2D eigenvalue weighted by molar-refractivity contribution is -0.135. The molecule has 1 aliphatic rings. The lowest BCUT2D eigenvalue weighted by atomic mass is 9.91. The van der Waals surface area contributed by atoms with Gasteiger partial charge in [-0.1, -0.05) is 50.6 Å². The molecule has 4 heteroatoms. The van der Waals surface area contributed by atoms with Gasteiger partial charge >= 0.3 is 5.97 Å². The minimum Gasteiger partial charge on any atom is -0.461 e. The van der Waals surface area contributed by atoms with Crippen molar-refractivity contribution in [1.82, 2.24) is 5.01 Å². The quantitative estimate of drug-likeness (QED) is 0.753. The predicted octanol–water partition coefficient (Wildman–Crippen LogP) is 3.40. The summed E-state index contributed by atoms with van der Waals surface area (Å²) >= 11 is 0. The first-order chi connectivity index (χ1) is 10.2. The number of benzene rings is 1. The Bertz CT molecular complexity index is 499. The molecule has 2 unspecified atom stereocenters. The van der Waals surface area contributed by atoms with Gasteiger partial charge in [0.2, 0.25) is 0 Å². The molecule has 1 aliphatic heterocycles. The van der Waals surface area contributed by atoms with E-state index in [1.165, 1.54) is 5.56 Å². The molecule has 0 radical (unpaired) electrons. The Morgan fingerprint density at radius 2 is 2.00 bits per heavy atom. The molecule has 21 heavy (non-hydrogen) atoms. The number of carbonyl (C=O) groups is 1. The monoisotopic (exact) mass is 288 g/mol. The van der Waals surface area contributed by atoms with E-state index in [2.05, 4.69) is 36.1 Å². The Balaban J connectivity index is 2.25. The lowest BCUT2D eigenvalue weighted by Gasteiger charge is -2.26. The number of hydrogen-bond donors (Lipinski definition) is 0. The maximum absolute atomic E-state index is 12.1. The van der Waals surface area contributed by atoms with E-state index in [9.17, 15) is 4.79 Å². The van der Waals surface area contributed by atoms with Gasteiger partial charge < -0.3 is 4.74 Å². The fourth-order valence-electron chi connectivity index (χ4n) is 2.75. The third-order valence-corrected chi connectivity index (χ3v) is 3.83. The molecule has 0 bridgehead atoms. The van der Waals surface area contributed by atoms with Crippen LogP contribution >= 0.6 is 0 Å². The van der Waals surface area contributed by atoms with Crippen molar-refractivity contribution in [3.8, 4) is 0 Å². The van der Waals surface area contributed by atoms with E-state index in [4.69, 9.17) is 4.74 Å². The fourth-order valence-corrected chi connectivity index (χ4v) is 2.75. The van der Waals surface area contributed by atoms with E-state index in [-0.39, 0.29) is 17.9 Å². The average Bonchev–Trinajstić information content (AvgIpc) is 2.83. The summed E-state index contributed by atoms with van der Waals surface area (Å²) in [6, 6.07) is 10.4. The Hall–Kier alpha value is -1.84. The molecule has 2 atom stereocenters. The summed E-state index contributed by atoms with van der Waals surface area (Å²) in [5.74, 6) is -0.242. The minimum atomic E-state index is -0.287. The van der Waals surface area contributed by atoms with Crippen molar-refractivity contribution in [3.63, 3.8) is 0 Å². The van der Waals surface area contributed by atoms with Gasteiger partial charge in [-0.15, -0.1) is 0 Å². The number of esters is 1. The van der Waals surface area contributed by atoms with Crippen LogP contribution < -0.4 is 0 Å². The molecule has 1 aromatic rings. The number of rotatable bonds is 6. The summed E-state index contributed by atoms with van der Waals surface area (Å²) in [7, 11) is 0. The highest BCUT2D eigenvalue weighted by molar-refractivity contribution is 6.37. The van der Waals surface area contributed by atoms with Crippen LogP contribution in [0.5, 0.6) is 0 Å². The zero-order chi connectivity index (χ0) is 15.2. The molecule has 114 valence electrons. The highest BCUT2D eigenvalue weighted by atomic mass is 16.5. The first kappa shape index (κ1) is 15.5. The van der Waals surface area contributed by atoms with Crippen molar-refractivity contribution in [2.75, 3.05) is 13.2 Å². The average molecular weight is 288 g/mol. The minimum absolute atomic E-state index is 0.0447. The Morgan fingerprint density at radius 1 is 1.29 bits per heavy atom. The summed E-state index contributed by atoms with van der Waals surface area (Å²) in [5.41, 5.74) is 1.74. The molecule has 0 aromatic heterocycles. The van der Waals surface area contributed by atoms with Crippen molar-refractivity contribution in [1.29, 1.82) is 0 Å². The molecule has 0 saturated carbocycles. The fraction of sp³-hybridized carbons (Fsp3) is 0.529. The topological polar surface area (TPSA) is 41.9 Å². The Kier molecular flexibility index (Phi) is 5.37. The maximum atomic E-state index is 12.1. The number of ether oxygens (including phenoxy) is 1. The van der Waals surface area contributed by atoms with Crippen molar-refractivity contribution in [2.24, 2.45) is 11.0 Å². The third-order valence-electron chi connectivity index (χ3n) is 3.83. The standard InChI is InChI=1S/C17H24N2O2/c1-4-6-12-19-16(14-10-8-7-9-11-14)13(3)15(18-19)17(20)21-5-2/h7-11,13,16H,4-6,12H2,1-3H3. The molecule has 0 N–H and O–H groups in total. The van der Waals surface area contributed by atoms with Gasteiger partial charge in [-0.3, -0.25) is 5.01 Å². The van der Waals surface area contributed by atoms with E-state index in [0.717, 1.165) is 19.4 Å². The summed E-state index contributed by atoms with van der Waals surface area (Å²) in [5, 5.41) is 6.61. The zero-order valence-electron chi connectivity index (χ0n) is 13.1. The van der Waals surface area contributed by atoms with Gasteiger partial charge in [-0.2, -0.15) is 5.10 Å². The normalized spacial score (nSPS) is 21.3. The van der Waals surface area contributed by atoms with Crippen LogP contribution in [-0.2, 0) is 9.53 Å². The molecule has 0 amide bonds. The van der Waals surface area contributed by atoms with Gasteiger partial charge in [0, 0.05) is 12.5 Å². The third kappa shape index (κ3) is 3.43. The second-order valence-electron chi connectivity index (χ2n) is 5.37. The van der Waals surface area contributed by atoms with Crippen LogP contribution in [0.25, 0.3) is 0 Å². The van der Waals surface area contributed by atoms with Crippen LogP contribution in [0.4, 0.5) is 0 Å². The number of carbonyl (C=O) groups excluding carboxylic acids is 1. The van der Waals surface area contributed by atoms with E-state index in [1.54, 1.807) is 0 Å². The first-order valence-electron chi connectivity index (χ1n) is 7.76. The van der Waals surface area contributed by atoms with Crippen molar-refractivity contribution < 1.29 is 9.53 Å². The smallest absolute Gasteiger partial charge is 0.354 e. The number of hydrogen-bond acceptors (Lipinski definition) is 4. The first-order valence-corrected chi connectivity index (χ1v) is 7.76. The summed E-state index contributed by atoms with van der Waals surface area (Å²) in [4.78, 5) is 12.1. The van der Waals surface area contributed by atoms with Crippen LogP contribution in [0.15, 0.2) is 35.4 Å². The number of hydrazone groups is 1. The maximum Gasteiger partial charge on any atom is 0.354 e. The summed E-state index contributed by atoms with van der Waals surface area (Å²) in [6.07, 6.45) is 2.17. The van der Waals surface area contributed by atoms with Crippen LogP contribution in [0.2, 0.25) is 0 Å². The molecule has 0 aliphatic carbocycles. The summed E-state index contributed by atoms with van der Waals surface area (Å²) < 4.78 is 5.14. The SMILES string of the molecule is CCCCN1N=C(C(=O)OCC)C(C)C1c1ccccc1. The molecule has 4 nitrogen and oxygen atoms in total. The molecule has 0 fully saturated rings. The van der Waals surface area contributed by atoms with Crippen LogP contribution in [0.1, 0.15) is 45.2 Å². The molecule has 0 spiro atoms. The molecule has 0 saturated heterocycles. The van der Waals surface area contributed by atoms with E-state index in [1.807, 2.05) is 25.1 Å². The van der Waals surface area contributed by atoms with Gasteiger partial charge in [0.25, 0.3) is 0 Å². The lowest BCUT2D eigenvalue weighted by Crippen LogP contribution is -2.27. The van der Waals surface area contributed by atoms with Gasteiger partial charge in [0.05, 0.1) is 12.6 Å².